The maximum absolute atomic E-state index is 12.6. The van der Waals surface area contributed by atoms with Crippen LogP contribution < -0.4 is 11.1 Å². The first-order valence-electron chi connectivity index (χ1n) is 8.15. The number of anilines is 1. The molecule has 0 spiro atoms. The van der Waals surface area contributed by atoms with Crippen LogP contribution in [0.1, 0.15) is 32.1 Å². The number of rotatable bonds is 4. The summed E-state index contributed by atoms with van der Waals surface area (Å²) in [4.78, 5) is 13.0. The number of nitrogens with two attached hydrogens (primary N) is 1. The number of alkyl halides is 2. The molecule has 6 heteroatoms. The standard InChI is InChI=1S/C17H22F2N2OS/c18-17(19)23-14-7-2-1-6-13(14)21-16(22)12-8-10-4-3-5-11(9-12)15(10)20/h1-2,6-7,10-12,15,17H,3-5,8-9,20H2,(H,21,22). The Morgan fingerprint density at radius 2 is 1.87 bits per heavy atom. The Morgan fingerprint density at radius 3 is 2.52 bits per heavy atom. The summed E-state index contributed by atoms with van der Waals surface area (Å²) in [7, 11) is 0. The Hall–Kier alpha value is -1.14. The van der Waals surface area contributed by atoms with E-state index in [2.05, 4.69) is 5.32 Å². The number of halogens is 2. The van der Waals surface area contributed by atoms with Crippen LogP contribution in [0.3, 0.4) is 0 Å². The van der Waals surface area contributed by atoms with E-state index in [1.807, 2.05) is 0 Å². The fourth-order valence-corrected chi connectivity index (χ4v) is 4.60. The minimum Gasteiger partial charge on any atom is -0.327 e. The van der Waals surface area contributed by atoms with E-state index in [0.717, 1.165) is 25.7 Å². The van der Waals surface area contributed by atoms with E-state index in [4.69, 9.17) is 5.73 Å². The van der Waals surface area contributed by atoms with Crippen LogP contribution in [0.2, 0.25) is 0 Å². The first kappa shape index (κ1) is 16.7. The summed E-state index contributed by atoms with van der Waals surface area (Å²) in [6, 6.07) is 6.95. The van der Waals surface area contributed by atoms with Crippen LogP contribution in [0.4, 0.5) is 14.5 Å². The molecule has 126 valence electrons. The van der Waals surface area contributed by atoms with Crippen LogP contribution in [-0.4, -0.2) is 17.7 Å². The highest BCUT2D eigenvalue weighted by molar-refractivity contribution is 7.99. The summed E-state index contributed by atoms with van der Waals surface area (Å²) >= 11 is 0.463. The van der Waals surface area contributed by atoms with E-state index in [0.29, 0.717) is 34.2 Å². The number of fused-ring (bicyclic) bond motifs is 2. The van der Waals surface area contributed by atoms with E-state index in [9.17, 15) is 13.6 Å². The molecule has 1 amide bonds. The molecule has 2 aliphatic rings. The van der Waals surface area contributed by atoms with Gasteiger partial charge in [-0.2, -0.15) is 8.78 Å². The molecular weight excluding hydrogens is 318 g/mol. The summed E-state index contributed by atoms with van der Waals surface area (Å²) in [5.41, 5.74) is 6.73. The zero-order valence-electron chi connectivity index (χ0n) is 12.9. The number of para-hydroxylation sites is 1. The highest BCUT2D eigenvalue weighted by Gasteiger charge is 2.40. The van der Waals surface area contributed by atoms with Crippen molar-refractivity contribution in [3.63, 3.8) is 0 Å². The second-order valence-corrected chi connectivity index (χ2v) is 7.59. The van der Waals surface area contributed by atoms with Crippen molar-refractivity contribution in [2.75, 3.05) is 5.32 Å². The number of amides is 1. The Balaban J connectivity index is 1.68. The Labute approximate surface area is 139 Å². The van der Waals surface area contributed by atoms with Gasteiger partial charge in [-0.15, -0.1) is 0 Å². The molecular formula is C17H22F2N2OS. The molecule has 3 rings (SSSR count). The number of hydrogen-bond donors (Lipinski definition) is 2. The zero-order valence-corrected chi connectivity index (χ0v) is 13.7. The summed E-state index contributed by atoms with van der Waals surface area (Å²) in [6.45, 7) is 0. The largest absolute Gasteiger partial charge is 0.327 e. The van der Waals surface area contributed by atoms with Gasteiger partial charge in [0.25, 0.3) is 5.76 Å². The number of nitrogens with one attached hydrogen (secondary N) is 1. The molecule has 3 nitrogen and oxygen atoms in total. The fraction of sp³-hybridized carbons (Fsp3) is 0.588. The van der Waals surface area contributed by atoms with Gasteiger partial charge in [0.05, 0.1) is 5.69 Å². The van der Waals surface area contributed by atoms with Crippen LogP contribution in [-0.2, 0) is 4.79 Å². The molecule has 0 heterocycles. The van der Waals surface area contributed by atoms with E-state index < -0.39 is 5.76 Å². The summed E-state index contributed by atoms with van der Waals surface area (Å²) in [5.74, 6) is -1.78. The average molecular weight is 340 g/mol. The lowest BCUT2D eigenvalue weighted by Gasteiger charge is -2.43. The van der Waals surface area contributed by atoms with Crippen molar-refractivity contribution in [1.82, 2.24) is 0 Å². The third-order valence-corrected chi connectivity index (χ3v) is 5.93. The van der Waals surface area contributed by atoms with E-state index >= 15 is 0 Å². The van der Waals surface area contributed by atoms with Crippen LogP contribution in [0, 0.1) is 17.8 Å². The highest BCUT2D eigenvalue weighted by atomic mass is 32.2. The van der Waals surface area contributed by atoms with Gasteiger partial charge < -0.3 is 11.1 Å². The number of carbonyl (C=O) groups excluding carboxylic acids is 1. The fourth-order valence-electron chi connectivity index (χ4n) is 4.01. The monoisotopic (exact) mass is 340 g/mol. The van der Waals surface area contributed by atoms with Crippen molar-refractivity contribution in [3.8, 4) is 0 Å². The van der Waals surface area contributed by atoms with Crippen molar-refractivity contribution in [2.24, 2.45) is 23.5 Å². The summed E-state index contributed by atoms with van der Waals surface area (Å²) < 4.78 is 25.3. The molecule has 2 unspecified atom stereocenters. The van der Waals surface area contributed by atoms with Gasteiger partial charge in [0, 0.05) is 16.9 Å². The molecule has 2 fully saturated rings. The van der Waals surface area contributed by atoms with Crippen molar-refractivity contribution in [3.05, 3.63) is 24.3 Å². The van der Waals surface area contributed by atoms with Gasteiger partial charge in [-0.05, 0) is 49.7 Å². The van der Waals surface area contributed by atoms with Crippen LogP contribution in [0.5, 0.6) is 0 Å². The minimum absolute atomic E-state index is 0.0592. The van der Waals surface area contributed by atoms with E-state index in [1.165, 1.54) is 6.42 Å². The van der Waals surface area contributed by atoms with Gasteiger partial charge in [-0.25, -0.2) is 0 Å². The first-order chi connectivity index (χ1) is 11.0. The number of thioether (sulfide) groups is 1. The zero-order chi connectivity index (χ0) is 16.4. The van der Waals surface area contributed by atoms with Gasteiger partial charge >= 0.3 is 0 Å². The number of benzene rings is 1. The van der Waals surface area contributed by atoms with Crippen molar-refractivity contribution < 1.29 is 13.6 Å². The van der Waals surface area contributed by atoms with Gasteiger partial charge in [-0.1, -0.05) is 30.3 Å². The molecule has 0 aliphatic heterocycles. The van der Waals surface area contributed by atoms with Crippen molar-refractivity contribution in [2.45, 2.75) is 48.8 Å². The van der Waals surface area contributed by atoms with Gasteiger partial charge in [0.1, 0.15) is 0 Å². The van der Waals surface area contributed by atoms with Crippen molar-refractivity contribution >= 4 is 23.4 Å². The lowest BCUT2D eigenvalue weighted by atomic mass is 9.65. The third-order valence-electron chi connectivity index (χ3n) is 5.14. The molecule has 1 aromatic carbocycles. The highest BCUT2D eigenvalue weighted by Crippen LogP contribution is 2.42. The molecule has 1 aromatic rings. The molecule has 0 radical (unpaired) electrons. The minimum atomic E-state index is -2.50. The lowest BCUT2D eigenvalue weighted by Crippen LogP contribution is -2.48. The molecule has 0 saturated heterocycles. The maximum Gasteiger partial charge on any atom is 0.288 e. The van der Waals surface area contributed by atoms with E-state index in [1.54, 1.807) is 24.3 Å². The van der Waals surface area contributed by atoms with E-state index in [-0.39, 0.29) is 17.9 Å². The van der Waals surface area contributed by atoms with Gasteiger partial charge in [0.2, 0.25) is 5.91 Å². The SMILES string of the molecule is NC1C2CCCC1CC(C(=O)Nc1ccccc1SC(F)F)C2. The predicted molar refractivity (Wildman–Crippen MR) is 88.5 cm³/mol. The molecule has 2 atom stereocenters. The second-order valence-electron chi connectivity index (χ2n) is 6.56. The lowest BCUT2D eigenvalue weighted by molar-refractivity contribution is -0.122. The maximum atomic E-state index is 12.6. The molecule has 0 aromatic heterocycles. The quantitative estimate of drug-likeness (QED) is 0.812. The molecule has 2 aliphatic carbocycles. The van der Waals surface area contributed by atoms with Crippen molar-refractivity contribution in [1.29, 1.82) is 0 Å². The van der Waals surface area contributed by atoms with Crippen LogP contribution in [0.15, 0.2) is 29.2 Å². The first-order valence-corrected chi connectivity index (χ1v) is 9.03. The van der Waals surface area contributed by atoms with Gasteiger partial charge in [0.15, 0.2) is 0 Å². The second kappa shape index (κ2) is 7.18. The Morgan fingerprint density at radius 1 is 1.22 bits per heavy atom. The molecule has 3 N–H and O–H groups in total. The van der Waals surface area contributed by atoms with Crippen LogP contribution >= 0.6 is 11.8 Å². The molecule has 2 bridgehead atoms. The normalized spacial score (nSPS) is 30.3. The predicted octanol–water partition coefficient (Wildman–Crippen LogP) is 4.09. The molecule has 23 heavy (non-hydrogen) atoms. The van der Waals surface area contributed by atoms with Gasteiger partial charge in [-0.3, -0.25) is 4.79 Å². The third kappa shape index (κ3) is 3.86. The number of carbonyl (C=O) groups is 1. The summed E-state index contributed by atoms with van der Waals surface area (Å²) in [5, 5.41) is 2.86. The number of hydrogen-bond acceptors (Lipinski definition) is 3. The van der Waals surface area contributed by atoms with Crippen LogP contribution in [0.25, 0.3) is 0 Å². The Kier molecular flexibility index (Phi) is 5.21. The topological polar surface area (TPSA) is 55.1 Å². The average Bonchev–Trinajstić information content (AvgIpc) is 2.48. The molecule has 2 saturated carbocycles. The Bertz CT molecular complexity index is 555. The smallest absolute Gasteiger partial charge is 0.288 e. The summed E-state index contributed by atoms with van der Waals surface area (Å²) in [6.07, 6.45) is 5.02.